The van der Waals surface area contributed by atoms with Crippen LogP contribution in [0.5, 0.6) is 0 Å². The van der Waals surface area contributed by atoms with E-state index in [0.29, 0.717) is 10.9 Å². The van der Waals surface area contributed by atoms with E-state index in [1.165, 1.54) is 6.07 Å². The van der Waals surface area contributed by atoms with E-state index < -0.39 is 5.97 Å². The molecule has 92 valence electrons. The van der Waals surface area contributed by atoms with Crippen LogP contribution in [-0.4, -0.2) is 29.5 Å². The molecule has 1 saturated heterocycles. The summed E-state index contributed by atoms with van der Waals surface area (Å²) < 4.78 is 5.29. The fourth-order valence-electron chi connectivity index (χ4n) is 1.81. The smallest absolute Gasteiger partial charge is 0.337 e. The van der Waals surface area contributed by atoms with Crippen molar-refractivity contribution in [2.75, 3.05) is 18.9 Å². The molecule has 0 unspecified atom stereocenters. The lowest BCUT2D eigenvalue weighted by molar-refractivity contribution is 0.0698. The summed E-state index contributed by atoms with van der Waals surface area (Å²) in [5.74, 6) is -0.975. The van der Waals surface area contributed by atoms with Gasteiger partial charge in [0, 0.05) is 23.4 Å². The van der Waals surface area contributed by atoms with Crippen molar-refractivity contribution in [1.29, 1.82) is 0 Å². The van der Waals surface area contributed by atoms with E-state index >= 15 is 0 Å². The zero-order valence-electron chi connectivity index (χ0n) is 9.39. The monoisotopic (exact) mass is 253 g/mol. The molecule has 1 aromatic rings. The van der Waals surface area contributed by atoms with Gasteiger partial charge in [-0.3, -0.25) is 0 Å². The number of carbonyl (C=O) groups is 1. The number of hydrogen-bond acceptors (Lipinski definition) is 4. The van der Waals surface area contributed by atoms with E-state index in [9.17, 15) is 4.79 Å². The molecule has 1 heterocycles. The Labute approximate surface area is 104 Å². The first-order valence-electron chi connectivity index (χ1n) is 5.54. The number of rotatable bonds is 3. The molecule has 3 N–H and O–H groups in total. The maximum atomic E-state index is 11.0. The molecule has 4 nitrogen and oxygen atoms in total. The summed E-state index contributed by atoms with van der Waals surface area (Å²) in [6.45, 7) is 1.55. The van der Waals surface area contributed by atoms with Gasteiger partial charge in [0.2, 0.25) is 0 Å². The number of para-hydroxylation sites is 1. The number of aromatic carboxylic acids is 1. The molecule has 1 aliphatic rings. The molecule has 0 amide bonds. The average molecular weight is 253 g/mol. The van der Waals surface area contributed by atoms with E-state index in [1.807, 2.05) is 6.07 Å². The average Bonchev–Trinajstić information content (AvgIpc) is 2.33. The van der Waals surface area contributed by atoms with Crippen molar-refractivity contribution in [3.05, 3.63) is 23.8 Å². The lowest BCUT2D eigenvalue weighted by Crippen LogP contribution is -2.17. The van der Waals surface area contributed by atoms with Gasteiger partial charge in [-0.15, -0.1) is 11.8 Å². The standard InChI is InChI=1S/C12H15NO3S/c13-11-9(12(14)15)2-1-3-10(11)17-8-4-6-16-7-5-8/h1-3,8H,4-7,13H2,(H,14,15). The highest BCUT2D eigenvalue weighted by Gasteiger charge is 2.18. The van der Waals surface area contributed by atoms with E-state index in [2.05, 4.69) is 0 Å². The number of hydrogen-bond donors (Lipinski definition) is 2. The molecule has 2 rings (SSSR count). The minimum atomic E-state index is -0.975. The number of carboxylic acids is 1. The Morgan fingerprint density at radius 1 is 1.41 bits per heavy atom. The van der Waals surface area contributed by atoms with Crippen LogP contribution < -0.4 is 5.73 Å². The van der Waals surface area contributed by atoms with Gasteiger partial charge in [0.25, 0.3) is 0 Å². The highest BCUT2D eigenvalue weighted by atomic mass is 32.2. The van der Waals surface area contributed by atoms with Crippen molar-refractivity contribution in [3.8, 4) is 0 Å². The molecule has 1 fully saturated rings. The predicted octanol–water partition coefficient (Wildman–Crippen LogP) is 2.24. The minimum absolute atomic E-state index is 0.182. The molecule has 5 heteroatoms. The summed E-state index contributed by atoms with van der Waals surface area (Å²) in [5, 5.41) is 9.45. The molecule has 1 aromatic carbocycles. The van der Waals surface area contributed by atoms with E-state index in [1.54, 1.807) is 17.8 Å². The van der Waals surface area contributed by atoms with Gasteiger partial charge in [-0.2, -0.15) is 0 Å². The van der Waals surface area contributed by atoms with Crippen LogP contribution >= 0.6 is 11.8 Å². The van der Waals surface area contributed by atoms with Gasteiger partial charge in [-0.1, -0.05) is 6.07 Å². The van der Waals surface area contributed by atoms with Gasteiger partial charge in [-0.05, 0) is 25.0 Å². The number of nitrogens with two attached hydrogens (primary N) is 1. The molecule has 0 bridgehead atoms. The Morgan fingerprint density at radius 2 is 2.12 bits per heavy atom. The molecular weight excluding hydrogens is 238 g/mol. The quantitative estimate of drug-likeness (QED) is 0.808. The topological polar surface area (TPSA) is 72.5 Å². The second kappa shape index (κ2) is 5.42. The Balaban J connectivity index is 2.15. The second-order valence-electron chi connectivity index (χ2n) is 3.95. The molecule has 0 aromatic heterocycles. The van der Waals surface area contributed by atoms with E-state index in [-0.39, 0.29) is 5.56 Å². The highest BCUT2D eigenvalue weighted by Crippen LogP contribution is 2.34. The first-order chi connectivity index (χ1) is 8.18. The number of nitrogen functional groups attached to an aromatic ring is 1. The molecule has 0 saturated carbocycles. The van der Waals surface area contributed by atoms with Crippen LogP contribution in [0.1, 0.15) is 23.2 Å². The van der Waals surface area contributed by atoms with Crippen molar-refractivity contribution in [2.45, 2.75) is 23.0 Å². The summed E-state index contributed by atoms with van der Waals surface area (Å²) in [7, 11) is 0. The SMILES string of the molecule is Nc1c(SC2CCOCC2)cccc1C(=O)O. The maximum absolute atomic E-state index is 11.0. The van der Waals surface area contributed by atoms with E-state index in [4.69, 9.17) is 15.6 Å². The molecule has 0 aliphatic carbocycles. The Morgan fingerprint density at radius 3 is 2.76 bits per heavy atom. The van der Waals surface area contributed by atoms with Crippen molar-refractivity contribution in [3.63, 3.8) is 0 Å². The lowest BCUT2D eigenvalue weighted by Gasteiger charge is -2.22. The molecule has 0 radical (unpaired) electrons. The summed E-state index contributed by atoms with van der Waals surface area (Å²) in [6, 6.07) is 5.15. The van der Waals surface area contributed by atoms with Crippen LogP contribution in [0.4, 0.5) is 5.69 Å². The van der Waals surface area contributed by atoms with Gasteiger partial charge in [0.05, 0.1) is 11.3 Å². The van der Waals surface area contributed by atoms with Crippen LogP contribution in [0.2, 0.25) is 0 Å². The van der Waals surface area contributed by atoms with Gasteiger partial charge in [0.15, 0.2) is 0 Å². The first-order valence-corrected chi connectivity index (χ1v) is 6.42. The third-order valence-electron chi connectivity index (χ3n) is 2.76. The zero-order valence-corrected chi connectivity index (χ0v) is 10.2. The fraction of sp³-hybridized carbons (Fsp3) is 0.417. The van der Waals surface area contributed by atoms with Gasteiger partial charge >= 0.3 is 5.97 Å². The Hall–Kier alpha value is -1.20. The van der Waals surface area contributed by atoms with Gasteiger partial charge < -0.3 is 15.6 Å². The zero-order chi connectivity index (χ0) is 12.3. The number of benzene rings is 1. The number of anilines is 1. The number of ether oxygens (including phenoxy) is 1. The van der Waals surface area contributed by atoms with E-state index in [0.717, 1.165) is 31.0 Å². The largest absolute Gasteiger partial charge is 0.478 e. The lowest BCUT2D eigenvalue weighted by atomic mass is 10.2. The third-order valence-corrected chi connectivity index (χ3v) is 4.17. The predicted molar refractivity (Wildman–Crippen MR) is 67.5 cm³/mol. The van der Waals surface area contributed by atoms with Crippen LogP contribution in [0, 0.1) is 0 Å². The second-order valence-corrected chi connectivity index (χ2v) is 5.29. The fourth-order valence-corrected chi connectivity index (χ4v) is 2.99. The van der Waals surface area contributed by atoms with Crippen LogP contribution in [0.25, 0.3) is 0 Å². The minimum Gasteiger partial charge on any atom is -0.478 e. The Kier molecular flexibility index (Phi) is 3.91. The molecule has 17 heavy (non-hydrogen) atoms. The van der Waals surface area contributed by atoms with Crippen LogP contribution in [-0.2, 0) is 4.74 Å². The number of thioether (sulfide) groups is 1. The Bertz CT molecular complexity index is 416. The van der Waals surface area contributed by atoms with Crippen molar-refractivity contribution in [1.82, 2.24) is 0 Å². The normalized spacial score (nSPS) is 16.9. The number of carboxylic acid groups (broad SMARTS) is 1. The van der Waals surface area contributed by atoms with Crippen LogP contribution in [0.15, 0.2) is 23.1 Å². The molecule has 1 aliphatic heterocycles. The molecule has 0 spiro atoms. The first kappa shape index (κ1) is 12.3. The summed E-state index contributed by atoms with van der Waals surface area (Å²) in [5.41, 5.74) is 6.42. The van der Waals surface area contributed by atoms with Crippen molar-refractivity contribution < 1.29 is 14.6 Å². The maximum Gasteiger partial charge on any atom is 0.337 e. The molecular formula is C12H15NO3S. The summed E-state index contributed by atoms with van der Waals surface area (Å²) >= 11 is 1.65. The van der Waals surface area contributed by atoms with Crippen molar-refractivity contribution in [2.24, 2.45) is 0 Å². The summed E-state index contributed by atoms with van der Waals surface area (Å²) in [6.07, 6.45) is 1.98. The van der Waals surface area contributed by atoms with Gasteiger partial charge in [0.1, 0.15) is 0 Å². The van der Waals surface area contributed by atoms with Gasteiger partial charge in [-0.25, -0.2) is 4.79 Å². The third kappa shape index (κ3) is 2.92. The molecule has 0 atom stereocenters. The van der Waals surface area contributed by atoms with Crippen molar-refractivity contribution >= 4 is 23.4 Å². The van der Waals surface area contributed by atoms with Crippen LogP contribution in [0.3, 0.4) is 0 Å². The summed E-state index contributed by atoms with van der Waals surface area (Å²) in [4.78, 5) is 11.8. The highest BCUT2D eigenvalue weighted by molar-refractivity contribution is 8.00.